The van der Waals surface area contributed by atoms with E-state index in [-0.39, 0.29) is 0 Å². The summed E-state index contributed by atoms with van der Waals surface area (Å²) in [4.78, 5) is 0. The van der Waals surface area contributed by atoms with Crippen LogP contribution < -0.4 is 15.4 Å². The molecular formula is C15H22N2O. The lowest BCUT2D eigenvalue weighted by Crippen LogP contribution is -2.30. The summed E-state index contributed by atoms with van der Waals surface area (Å²) in [5, 5.41) is 7.03. The van der Waals surface area contributed by atoms with Crippen LogP contribution in [0.4, 0.5) is 5.69 Å². The zero-order valence-electron chi connectivity index (χ0n) is 11.0. The van der Waals surface area contributed by atoms with Gasteiger partial charge >= 0.3 is 0 Å². The number of anilines is 1. The summed E-state index contributed by atoms with van der Waals surface area (Å²) >= 11 is 0. The van der Waals surface area contributed by atoms with Crippen LogP contribution >= 0.6 is 0 Å². The van der Waals surface area contributed by atoms with E-state index in [9.17, 15) is 0 Å². The lowest BCUT2D eigenvalue weighted by atomic mass is 10.0. The molecule has 2 atom stereocenters. The van der Waals surface area contributed by atoms with Crippen LogP contribution in [0, 0.1) is 0 Å². The molecule has 0 amide bonds. The van der Waals surface area contributed by atoms with Gasteiger partial charge in [0.05, 0.1) is 12.2 Å². The van der Waals surface area contributed by atoms with Gasteiger partial charge in [-0.15, -0.1) is 0 Å². The Morgan fingerprint density at radius 2 is 2.33 bits per heavy atom. The topological polar surface area (TPSA) is 33.3 Å². The van der Waals surface area contributed by atoms with Crippen molar-refractivity contribution in [3.63, 3.8) is 0 Å². The number of fused-ring (bicyclic) bond motifs is 1. The van der Waals surface area contributed by atoms with Crippen molar-refractivity contribution in [3.05, 3.63) is 23.8 Å². The van der Waals surface area contributed by atoms with Crippen molar-refractivity contribution in [1.29, 1.82) is 0 Å². The van der Waals surface area contributed by atoms with Gasteiger partial charge in [-0.25, -0.2) is 0 Å². The van der Waals surface area contributed by atoms with Crippen molar-refractivity contribution in [2.24, 2.45) is 0 Å². The van der Waals surface area contributed by atoms with Crippen LogP contribution in [0.25, 0.3) is 0 Å². The molecule has 1 aromatic carbocycles. The van der Waals surface area contributed by atoms with E-state index < -0.39 is 0 Å². The molecule has 1 aromatic rings. The zero-order valence-corrected chi connectivity index (χ0v) is 11.0. The first-order valence-corrected chi connectivity index (χ1v) is 7.12. The van der Waals surface area contributed by atoms with Gasteiger partial charge in [-0.1, -0.05) is 13.0 Å². The van der Waals surface area contributed by atoms with Gasteiger partial charge in [0.1, 0.15) is 11.9 Å². The molecule has 0 aromatic heterocycles. The van der Waals surface area contributed by atoms with E-state index in [1.807, 2.05) is 0 Å². The van der Waals surface area contributed by atoms with Crippen LogP contribution in [0.2, 0.25) is 0 Å². The second-order valence-corrected chi connectivity index (χ2v) is 5.36. The fourth-order valence-electron chi connectivity index (χ4n) is 2.83. The number of hydrogen-bond donors (Lipinski definition) is 2. The second kappa shape index (κ2) is 5.19. The Bertz CT molecular complexity index is 413. The van der Waals surface area contributed by atoms with Crippen LogP contribution in [-0.2, 0) is 6.42 Å². The number of nitrogens with one attached hydrogen (secondary N) is 2. The van der Waals surface area contributed by atoms with E-state index in [1.54, 1.807) is 0 Å². The molecule has 0 spiro atoms. The van der Waals surface area contributed by atoms with E-state index in [4.69, 9.17) is 4.74 Å². The fraction of sp³-hybridized carbons (Fsp3) is 0.600. The first kappa shape index (κ1) is 11.8. The van der Waals surface area contributed by atoms with E-state index in [0.29, 0.717) is 12.1 Å². The van der Waals surface area contributed by atoms with Gasteiger partial charge < -0.3 is 15.4 Å². The molecule has 0 saturated carbocycles. The summed E-state index contributed by atoms with van der Waals surface area (Å²) in [7, 11) is 0. The quantitative estimate of drug-likeness (QED) is 0.860. The van der Waals surface area contributed by atoms with Gasteiger partial charge in [0.15, 0.2) is 0 Å². The van der Waals surface area contributed by atoms with Crippen molar-refractivity contribution < 1.29 is 4.74 Å². The smallest absolute Gasteiger partial charge is 0.142 e. The maximum absolute atomic E-state index is 5.93. The molecule has 3 rings (SSSR count). The SMILES string of the molecule is CCC1CNc2cc(CC3CCCN3)ccc2O1. The Morgan fingerprint density at radius 1 is 1.39 bits per heavy atom. The lowest BCUT2D eigenvalue weighted by molar-refractivity contribution is 0.202. The van der Waals surface area contributed by atoms with Gasteiger partial charge in [0, 0.05) is 6.04 Å². The molecule has 2 aliphatic rings. The molecule has 2 heterocycles. The van der Waals surface area contributed by atoms with Crippen LogP contribution in [0.15, 0.2) is 18.2 Å². The third-order valence-corrected chi connectivity index (χ3v) is 3.96. The normalized spacial score (nSPS) is 26.3. The van der Waals surface area contributed by atoms with Gasteiger partial charge in [-0.3, -0.25) is 0 Å². The fourth-order valence-corrected chi connectivity index (χ4v) is 2.83. The standard InChI is InChI=1S/C15H22N2O/c1-2-13-10-17-14-9-11(5-6-15(14)18-13)8-12-4-3-7-16-12/h5-6,9,12-13,16-17H,2-4,7-8,10H2,1H3. The molecular weight excluding hydrogens is 224 g/mol. The number of ether oxygens (including phenoxy) is 1. The summed E-state index contributed by atoms with van der Waals surface area (Å²) in [5.41, 5.74) is 2.56. The molecule has 0 aliphatic carbocycles. The monoisotopic (exact) mass is 246 g/mol. The van der Waals surface area contributed by atoms with Gasteiger partial charge in [-0.05, 0) is 49.9 Å². The average molecular weight is 246 g/mol. The molecule has 98 valence electrons. The van der Waals surface area contributed by atoms with Crippen molar-refractivity contribution in [3.8, 4) is 5.75 Å². The molecule has 18 heavy (non-hydrogen) atoms. The minimum atomic E-state index is 0.319. The third kappa shape index (κ3) is 2.46. The number of hydrogen-bond acceptors (Lipinski definition) is 3. The Labute approximate surface area is 109 Å². The molecule has 2 N–H and O–H groups in total. The molecule has 1 fully saturated rings. The van der Waals surface area contributed by atoms with E-state index in [1.165, 1.54) is 24.9 Å². The highest BCUT2D eigenvalue weighted by atomic mass is 16.5. The van der Waals surface area contributed by atoms with Crippen molar-refractivity contribution in [2.45, 2.75) is 44.8 Å². The number of rotatable bonds is 3. The van der Waals surface area contributed by atoms with Crippen LogP contribution in [-0.4, -0.2) is 25.2 Å². The molecule has 3 heteroatoms. The minimum absolute atomic E-state index is 0.319. The summed E-state index contributed by atoms with van der Waals surface area (Å²) < 4.78 is 5.93. The predicted molar refractivity (Wildman–Crippen MR) is 74.4 cm³/mol. The summed E-state index contributed by atoms with van der Waals surface area (Å²) in [6, 6.07) is 7.24. The number of benzene rings is 1. The summed E-state index contributed by atoms with van der Waals surface area (Å²) in [6.45, 7) is 4.27. The molecule has 2 aliphatic heterocycles. The molecule has 3 nitrogen and oxygen atoms in total. The van der Waals surface area contributed by atoms with Crippen molar-refractivity contribution >= 4 is 5.69 Å². The van der Waals surface area contributed by atoms with E-state index >= 15 is 0 Å². The van der Waals surface area contributed by atoms with Gasteiger partial charge in [0.2, 0.25) is 0 Å². The van der Waals surface area contributed by atoms with Crippen LogP contribution in [0.1, 0.15) is 31.7 Å². The van der Waals surface area contributed by atoms with Crippen molar-refractivity contribution in [1.82, 2.24) is 5.32 Å². The Kier molecular flexibility index (Phi) is 3.41. The average Bonchev–Trinajstić information content (AvgIpc) is 2.91. The largest absolute Gasteiger partial charge is 0.486 e. The van der Waals surface area contributed by atoms with Gasteiger partial charge in [-0.2, -0.15) is 0 Å². The Morgan fingerprint density at radius 3 is 3.11 bits per heavy atom. The lowest BCUT2D eigenvalue weighted by Gasteiger charge is -2.27. The van der Waals surface area contributed by atoms with Crippen LogP contribution in [0.3, 0.4) is 0 Å². The molecule has 1 saturated heterocycles. The Balaban J connectivity index is 1.71. The zero-order chi connectivity index (χ0) is 12.4. The van der Waals surface area contributed by atoms with E-state index in [0.717, 1.165) is 30.8 Å². The second-order valence-electron chi connectivity index (χ2n) is 5.36. The molecule has 0 bridgehead atoms. The highest BCUT2D eigenvalue weighted by molar-refractivity contribution is 5.59. The Hall–Kier alpha value is -1.22. The highest BCUT2D eigenvalue weighted by Gasteiger charge is 2.19. The maximum atomic E-state index is 5.93. The summed E-state index contributed by atoms with van der Waals surface area (Å²) in [5.74, 6) is 1.01. The molecule has 0 radical (unpaired) electrons. The maximum Gasteiger partial charge on any atom is 0.142 e. The first-order chi connectivity index (χ1) is 8.85. The van der Waals surface area contributed by atoms with Crippen molar-refractivity contribution in [2.75, 3.05) is 18.4 Å². The predicted octanol–water partition coefficient (Wildman–Crippen LogP) is 2.56. The highest BCUT2D eigenvalue weighted by Crippen LogP contribution is 2.31. The third-order valence-electron chi connectivity index (χ3n) is 3.96. The first-order valence-electron chi connectivity index (χ1n) is 7.12. The van der Waals surface area contributed by atoms with Gasteiger partial charge in [0.25, 0.3) is 0 Å². The molecule has 2 unspecified atom stereocenters. The van der Waals surface area contributed by atoms with Crippen LogP contribution in [0.5, 0.6) is 5.75 Å². The minimum Gasteiger partial charge on any atom is -0.486 e. The van der Waals surface area contributed by atoms with E-state index in [2.05, 4.69) is 35.8 Å². The summed E-state index contributed by atoms with van der Waals surface area (Å²) in [6.07, 6.45) is 5.13.